The lowest BCUT2D eigenvalue weighted by Gasteiger charge is -2.18. The lowest BCUT2D eigenvalue weighted by atomic mass is 9.93. The van der Waals surface area contributed by atoms with Crippen molar-refractivity contribution in [3.8, 4) is 10.7 Å². The first-order chi connectivity index (χ1) is 8.75. The third kappa shape index (κ3) is 2.08. The topological polar surface area (TPSA) is 48.2 Å². The van der Waals surface area contributed by atoms with Gasteiger partial charge in [-0.3, -0.25) is 0 Å². The third-order valence-corrected chi connectivity index (χ3v) is 4.16. The van der Waals surface area contributed by atoms with Gasteiger partial charge in [0.1, 0.15) is 0 Å². The summed E-state index contributed by atoms with van der Waals surface area (Å²) >= 11 is 1.62. The Morgan fingerprint density at radius 1 is 1.44 bits per heavy atom. The van der Waals surface area contributed by atoms with Crippen molar-refractivity contribution in [2.45, 2.75) is 32.3 Å². The maximum atomic E-state index is 5.76. The molecule has 2 atom stereocenters. The Kier molecular flexibility index (Phi) is 3.18. The van der Waals surface area contributed by atoms with Crippen LogP contribution in [-0.4, -0.2) is 22.9 Å². The highest BCUT2D eigenvalue weighted by atomic mass is 32.1. The summed E-state index contributed by atoms with van der Waals surface area (Å²) in [6.07, 6.45) is 1.16. The predicted molar refractivity (Wildman–Crippen MR) is 69.5 cm³/mol. The third-order valence-electron chi connectivity index (χ3n) is 3.29. The van der Waals surface area contributed by atoms with Crippen LogP contribution in [0.5, 0.6) is 0 Å². The van der Waals surface area contributed by atoms with Crippen LogP contribution in [0.1, 0.15) is 32.1 Å². The molecule has 0 unspecified atom stereocenters. The van der Waals surface area contributed by atoms with E-state index in [0.717, 1.165) is 23.8 Å². The van der Waals surface area contributed by atoms with E-state index in [1.54, 1.807) is 11.3 Å². The molecular formula is C13H16N2O2S. The van der Waals surface area contributed by atoms with Crippen molar-refractivity contribution in [2.75, 3.05) is 6.61 Å². The van der Waals surface area contributed by atoms with Crippen LogP contribution >= 0.6 is 11.3 Å². The molecule has 2 aromatic heterocycles. The van der Waals surface area contributed by atoms with Crippen molar-refractivity contribution in [3.05, 3.63) is 23.4 Å². The van der Waals surface area contributed by atoms with Gasteiger partial charge in [0.05, 0.1) is 16.9 Å². The van der Waals surface area contributed by atoms with Crippen LogP contribution in [-0.2, 0) is 4.74 Å². The molecule has 0 amide bonds. The molecule has 1 saturated heterocycles. The highest BCUT2D eigenvalue weighted by Gasteiger charge is 2.35. The molecule has 0 saturated carbocycles. The highest BCUT2D eigenvalue weighted by Crippen LogP contribution is 2.35. The van der Waals surface area contributed by atoms with Gasteiger partial charge in [0.25, 0.3) is 0 Å². The number of rotatable bonds is 3. The van der Waals surface area contributed by atoms with Gasteiger partial charge in [0.2, 0.25) is 11.7 Å². The van der Waals surface area contributed by atoms with E-state index in [1.807, 2.05) is 17.5 Å². The van der Waals surface area contributed by atoms with E-state index in [0.29, 0.717) is 11.7 Å². The number of aromatic nitrogens is 2. The zero-order valence-corrected chi connectivity index (χ0v) is 11.3. The van der Waals surface area contributed by atoms with Crippen LogP contribution in [0.2, 0.25) is 0 Å². The van der Waals surface area contributed by atoms with Crippen molar-refractivity contribution < 1.29 is 9.26 Å². The maximum Gasteiger partial charge on any atom is 0.232 e. The molecule has 0 radical (unpaired) electrons. The molecule has 0 bridgehead atoms. The number of thiophene rings is 1. The standard InChI is InChI=1S/C13H16N2O2S/c1-8(2)11-9(5-6-16-11)13-14-12(15-17-13)10-4-3-7-18-10/h3-4,7-9,11H,5-6H2,1-2H3/t9-,11+/m0/s1. The Bertz CT molecular complexity index is 507. The SMILES string of the molecule is CC(C)[C@H]1OCC[C@@H]1c1nc(-c2cccs2)no1. The second-order valence-corrected chi connectivity index (χ2v) is 5.86. The second kappa shape index (κ2) is 4.82. The summed E-state index contributed by atoms with van der Waals surface area (Å²) < 4.78 is 11.2. The fourth-order valence-corrected chi connectivity index (χ4v) is 3.07. The van der Waals surface area contributed by atoms with Crippen molar-refractivity contribution >= 4 is 11.3 Å². The molecule has 1 aliphatic rings. The minimum atomic E-state index is 0.196. The molecule has 1 fully saturated rings. The smallest absolute Gasteiger partial charge is 0.232 e. The Morgan fingerprint density at radius 2 is 2.33 bits per heavy atom. The van der Waals surface area contributed by atoms with E-state index in [2.05, 4.69) is 24.0 Å². The molecule has 3 rings (SSSR count). The van der Waals surface area contributed by atoms with Crippen molar-refractivity contribution in [1.82, 2.24) is 10.1 Å². The van der Waals surface area contributed by atoms with Gasteiger partial charge >= 0.3 is 0 Å². The Labute approximate surface area is 110 Å². The minimum absolute atomic E-state index is 0.196. The zero-order valence-electron chi connectivity index (χ0n) is 10.5. The van der Waals surface area contributed by atoms with E-state index in [-0.39, 0.29) is 12.0 Å². The number of ether oxygens (including phenoxy) is 1. The Hall–Kier alpha value is -1.20. The van der Waals surface area contributed by atoms with E-state index < -0.39 is 0 Å². The molecule has 2 aromatic rings. The Balaban J connectivity index is 1.85. The van der Waals surface area contributed by atoms with E-state index in [1.165, 1.54) is 0 Å². The van der Waals surface area contributed by atoms with Crippen LogP contribution in [0.15, 0.2) is 22.0 Å². The van der Waals surface area contributed by atoms with Crippen LogP contribution in [0, 0.1) is 5.92 Å². The molecule has 0 aromatic carbocycles. The van der Waals surface area contributed by atoms with Crippen LogP contribution in [0.25, 0.3) is 10.7 Å². The average molecular weight is 264 g/mol. The number of hydrogen-bond acceptors (Lipinski definition) is 5. The van der Waals surface area contributed by atoms with Crippen molar-refractivity contribution in [2.24, 2.45) is 5.92 Å². The molecule has 5 heteroatoms. The van der Waals surface area contributed by atoms with E-state index in [9.17, 15) is 0 Å². The monoisotopic (exact) mass is 264 g/mol. The lowest BCUT2D eigenvalue weighted by molar-refractivity contribution is 0.0627. The van der Waals surface area contributed by atoms with Crippen LogP contribution < -0.4 is 0 Å². The molecular weight excluding hydrogens is 248 g/mol. The van der Waals surface area contributed by atoms with Crippen LogP contribution in [0.4, 0.5) is 0 Å². The van der Waals surface area contributed by atoms with E-state index in [4.69, 9.17) is 9.26 Å². The highest BCUT2D eigenvalue weighted by molar-refractivity contribution is 7.13. The normalized spacial score (nSPS) is 23.9. The van der Waals surface area contributed by atoms with Gasteiger partial charge in [0, 0.05) is 6.61 Å². The van der Waals surface area contributed by atoms with Gasteiger partial charge in [-0.1, -0.05) is 25.1 Å². The number of nitrogens with zero attached hydrogens (tertiary/aromatic N) is 2. The van der Waals surface area contributed by atoms with Gasteiger partial charge in [-0.15, -0.1) is 11.3 Å². The molecule has 96 valence electrons. The fourth-order valence-electron chi connectivity index (χ4n) is 2.42. The predicted octanol–water partition coefficient (Wildman–Crippen LogP) is 3.33. The molecule has 1 aliphatic heterocycles. The first-order valence-corrected chi connectivity index (χ1v) is 7.13. The summed E-state index contributed by atoms with van der Waals surface area (Å²) in [6, 6.07) is 4.00. The molecule has 0 N–H and O–H groups in total. The minimum Gasteiger partial charge on any atom is -0.377 e. The van der Waals surface area contributed by atoms with Crippen LogP contribution in [0.3, 0.4) is 0 Å². The second-order valence-electron chi connectivity index (χ2n) is 4.91. The molecule has 0 spiro atoms. The fraction of sp³-hybridized carbons (Fsp3) is 0.538. The molecule has 4 nitrogen and oxygen atoms in total. The molecule has 3 heterocycles. The Morgan fingerprint density at radius 3 is 3.06 bits per heavy atom. The zero-order chi connectivity index (χ0) is 12.5. The lowest BCUT2D eigenvalue weighted by Crippen LogP contribution is -2.21. The maximum absolute atomic E-state index is 5.76. The van der Waals surface area contributed by atoms with Gasteiger partial charge in [-0.05, 0) is 23.8 Å². The average Bonchev–Trinajstić information content (AvgIpc) is 3.10. The first kappa shape index (κ1) is 11.9. The van der Waals surface area contributed by atoms with Gasteiger partial charge in [-0.2, -0.15) is 4.98 Å². The van der Waals surface area contributed by atoms with Gasteiger partial charge in [-0.25, -0.2) is 0 Å². The van der Waals surface area contributed by atoms with E-state index >= 15 is 0 Å². The van der Waals surface area contributed by atoms with Crippen molar-refractivity contribution in [3.63, 3.8) is 0 Å². The summed E-state index contributed by atoms with van der Waals surface area (Å²) in [5, 5.41) is 6.08. The summed E-state index contributed by atoms with van der Waals surface area (Å²) in [5.41, 5.74) is 0. The largest absolute Gasteiger partial charge is 0.377 e. The number of hydrogen-bond donors (Lipinski definition) is 0. The van der Waals surface area contributed by atoms with Gasteiger partial charge < -0.3 is 9.26 Å². The summed E-state index contributed by atoms with van der Waals surface area (Å²) in [4.78, 5) is 5.57. The first-order valence-electron chi connectivity index (χ1n) is 6.25. The summed E-state index contributed by atoms with van der Waals surface area (Å²) in [6.45, 7) is 5.11. The van der Waals surface area contributed by atoms with Gasteiger partial charge in [0.15, 0.2) is 0 Å². The molecule has 0 aliphatic carbocycles. The van der Waals surface area contributed by atoms with Crippen molar-refractivity contribution in [1.29, 1.82) is 0 Å². The molecule has 18 heavy (non-hydrogen) atoms. The quantitative estimate of drug-likeness (QED) is 0.853. The summed E-state index contributed by atoms with van der Waals surface area (Å²) in [5.74, 6) is 2.12. The summed E-state index contributed by atoms with van der Waals surface area (Å²) in [7, 11) is 0.